The van der Waals surface area contributed by atoms with E-state index in [4.69, 9.17) is 0 Å². The molecule has 2 aliphatic rings. The molecule has 0 radical (unpaired) electrons. The van der Waals surface area contributed by atoms with Gasteiger partial charge in [0.25, 0.3) is 5.91 Å². The molecule has 0 spiro atoms. The van der Waals surface area contributed by atoms with Crippen LogP contribution in [-0.4, -0.2) is 26.9 Å². The molecule has 6 heteroatoms. The SMILES string of the molecule is CC1(c2ccc(Br)cc2)C(=O)N(CC2CC2)Cc2cncn21.Cl. The number of fused-ring (bicyclic) bond motifs is 1. The summed E-state index contributed by atoms with van der Waals surface area (Å²) in [5.74, 6) is 0.861. The first-order chi connectivity index (χ1) is 10.6. The molecule has 1 aromatic carbocycles. The topological polar surface area (TPSA) is 38.1 Å². The number of amides is 1. The first-order valence-electron chi connectivity index (χ1n) is 7.66. The number of halogens is 2. The van der Waals surface area contributed by atoms with E-state index in [2.05, 4.69) is 20.9 Å². The van der Waals surface area contributed by atoms with Gasteiger partial charge in [-0.25, -0.2) is 4.98 Å². The van der Waals surface area contributed by atoms with Crippen LogP contribution in [0.5, 0.6) is 0 Å². The molecule has 2 aromatic rings. The Kier molecular flexibility index (Phi) is 4.27. The van der Waals surface area contributed by atoms with Crippen LogP contribution in [0.15, 0.2) is 41.3 Å². The molecule has 2 heterocycles. The summed E-state index contributed by atoms with van der Waals surface area (Å²) in [5, 5.41) is 0. The Morgan fingerprint density at radius 3 is 2.65 bits per heavy atom. The van der Waals surface area contributed by atoms with E-state index in [1.54, 1.807) is 6.33 Å². The van der Waals surface area contributed by atoms with Crippen molar-refractivity contribution >= 4 is 34.2 Å². The Morgan fingerprint density at radius 1 is 1.30 bits per heavy atom. The molecule has 4 nitrogen and oxygen atoms in total. The predicted octanol–water partition coefficient (Wildman–Crippen LogP) is 3.58. The third-order valence-electron chi connectivity index (χ3n) is 4.84. The second-order valence-electron chi connectivity index (χ2n) is 6.46. The van der Waals surface area contributed by atoms with Gasteiger partial charge in [-0.2, -0.15) is 0 Å². The molecular formula is C17H19BrClN3O. The molecule has 1 aliphatic heterocycles. The van der Waals surface area contributed by atoms with Crippen molar-refractivity contribution in [2.45, 2.75) is 31.8 Å². The lowest BCUT2D eigenvalue weighted by Gasteiger charge is -2.41. The molecule has 0 bridgehead atoms. The average Bonchev–Trinajstić information content (AvgIpc) is 3.20. The minimum atomic E-state index is -0.709. The molecule has 1 aliphatic carbocycles. The van der Waals surface area contributed by atoms with Crippen LogP contribution in [0.2, 0.25) is 0 Å². The predicted molar refractivity (Wildman–Crippen MR) is 94.5 cm³/mol. The van der Waals surface area contributed by atoms with Gasteiger partial charge in [0, 0.05) is 17.2 Å². The highest BCUT2D eigenvalue weighted by Gasteiger charge is 2.45. The summed E-state index contributed by atoms with van der Waals surface area (Å²) in [4.78, 5) is 19.5. The van der Waals surface area contributed by atoms with Gasteiger partial charge in [0.05, 0.1) is 18.6 Å². The summed E-state index contributed by atoms with van der Waals surface area (Å²) in [7, 11) is 0. The Balaban J connectivity index is 0.00000156. The van der Waals surface area contributed by atoms with Crippen LogP contribution >= 0.6 is 28.3 Å². The lowest BCUT2D eigenvalue weighted by molar-refractivity contribution is -0.141. The van der Waals surface area contributed by atoms with E-state index in [-0.39, 0.29) is 18.3 Å². The van der Waals surface area contributed by atoms with E-state index >= 15 is 0 Å². The number of carbonyl (C=O) groups is 1. The molecule has 1 unspecified atom stereocenters. The first-order valence-corrected chi connectivity index (χ1v) is 8.45. The standard InChI is InChI=1S/C17H18BrN3O.ClH/c1-17(13-4-6-14(18)7-5-13)16(22)20(9-12-2-3-12)10-15-8-19-11-21(15)17;/h4-8,11-12H,2-3,9-10H2,1H3;1H. The van der Waals surface area contributed by atoms with Crippen molar-refractivity contribution in [3.8, 4) is 0 Å². The van der Waals surface area contributed by atoms with Gasteiger partial charge < -0.3 is 9.47 Å². The highest BCUT2D eigenvalue weighted by molar-refractivity contribution is 9.10. The van der Waals surface area contributed by atoms with E-state index in [0.717, 1.165) is 22.3 Å². The fourth-order valence-corrected chi connectivity index (χ4v) is 3.58. The summed E-state index contributed by atoms with van der Waals surface area (Å²) in [6.07, 6.45) is 6.16. The molecule has 4 rings (SSSR count). The zero-order valence-corrected chi connectivity index (χ0v) is 15.3. The zero-order chi connectivity index (χ0) is 15.3. The summed E-state index contributed by atoms with van der Waals surface area (Å²) in [6, 6.07) is 8.02. The van der Waals surface area contributed by atoms with Gasteiger partial charge in [-0.05, 0) is 43.4 Å². The van der Waals surface area contributed by atoms with Crippen LogP contribution in [0.1, 0.15) is 31.0 Å². The van der Waals surface area contributed by atoms with Gasteiger partial charge in [-0.1, -0.05) is 28.1 Å². The maximum Gasteiger partial charge on any atom is 0.253 e. The second-order valence-corrected chi connectivity index (χ2v) is 7.38. The molecule has 0 N–H and O–H groups in total. The fraction of sp³-hybridized carbons (Fsp3) is 0.412. The quantitative estimate of drug-likeness (QED) is 0.795. The van der Waals surface area contributed by atoms with Crippen LogP contribution in [0, 0.1) is 5.92 Å². The van der Waals surface area contributed by atoms with Crippen molar-refractivity contribution in [3.63, 3.8) is 0 Å². The normalized spacial score (nSPS) is 23.4. The van der Waals surface area contributed by atoms with Gasteiger partial charge >= 0.3 is 0 Å². The first kappa shape index (κ1) is 16.5. The summed E-state index contributed by atoms with van der Waals surface area (Å²) < 4.78 is 3.05. The number of nitrogens with zero attached hydrogens (tertiary/aromatic N) is 3. The molecule has 122 valence electrons. The number of hydrogen-bond donors (Lipinski definition) is 0. The van der Waals surface area contributed by atoms with E-state index in [1.807, 2.05) is 46.9 Å². The maximum atomic E-state index is 13.2. The van der Waals surface area contributed by atoms with Crippen LogP contribution in [0.4, 0.5) is 0 Å². The van der Waals surface area contributed by atoms with Crippen molar-refractivity contribution in [1.82, 2.24) is 14.5 Å². The summed E-state index contributed by atoms with van der Waals surface area (Å²) in [6.45, 7) is 3.54. The monoisotopic (exact) mass is 395 g/mol. The molecule has 1 aromatic heterocycles. The minimum absolute atomic E-state index is 0. The van der Waals surface area contributed by atoms with Crippen LogP contribution in [-0.2, 0) is 16.9 Å². The molecule has 1 atom stereocenters. The Labute approximate surface area is 150 Å². The molecular weight excluding hydrogens is 378 g/mol. The summed E-state index contributed by atoms with van der Waals surface area (Å²) in [5.41, 5.74) is 1.39. The second kappa shape index (κ2) is 5.95. The number of hydrogen-bond acceptors (Lipinski definition) is 2. The number of imidazole rings is 1. The van der Waals surface area contributed by atoms with E-state index in [9.17, 15) is 4.79 Å². The molecule has 0 saturated heterocycles. The Bertz CT molecular complexity index is 726. The minimum Gasteiger partial charge on any atom is -0.334 e. The number of carbonyl (C=O) groups excluding carboxylic acids is 1. The fourth-order valence-electron chi connectivity index (χ4n) is 3.32. The van der Waals surface area contributed by atoms with Gasteiger partial charge in [0.15, 0.2) is 0 Å². The van der Waals surface area contributed by atoms with E-state index in [1.165, 1.54) is 12.8 Å². The van der Waals surface area contributed by atoms with Crippen molar-refractivity contribution in [2.24, 2.45) is 5.92 Å². The zero-order valence-electron chi connectivity index (χ0n) is 12.9. The maximum absolute atomic E-state index is 13.2. The largest absolute Gasteiger partial charge is 0.334 e. The van der Waals surface area contributed by atoms with Gasteiger partial charge in [0.1, 0.15) is 5.54 Å². The highest BCUT2D eigenvalue weighted by Crippen LogP contribution is 2.37. The third kappa shape index (κ3) is 2.70. The van der Waals surface area contributed by atoms with Crippen molar-refractivity contribution in [1.29, 1.82) is 0 Å². The smallest absolute Gasteiger partial charge is 0.253 e. The molecule has 1 saturated carbocycles. The highest BCUT2D eigenvalue weighted by atomic mass is 79.9. The lowest BCUT2D eigenvalue weighted by atomic mass is 9.88. The lowest BCUT2D eigenvalue weighted by Crippen LogP contribution is -2.54. The molecule has 1 fully saturated rings. The van der Waals surface area contributed by atoms with Crippen LogP contribution in [0.3, 0.4) is 0 Å². The number of aromatic nitrogens is 2. The molecule has 23 heavy (non-hydrogen) atoms. The van der Waals surface area contributed by atoms with Gasteiger partial charge in [-0.3, -0.25) is 4.79 Å². The van der Waals surface area contributed by atoms with Crippen molar-refractivity contribution < 1.29 is 4.79 Å². The van der Waals surface area contributed by atoms with E-state index < -0.39 is 5.54 Å². The number of benzene rings is 1. The van der Waals surface area contributed by atoms with Crippen LogP contribution in [0.25, 0.3) is 0 Å². The number of rotatable bonds is 3. The van der Waals surface area contributed by atoms with Gasteiger partial charge in [-0.15, -0.1) is 12.4 Å². The summed E-state index contributed by atoms with van der Waals surface area (Å²) >= 11 is 3.46. The van der Waals surface area contributed by atoms with Crippen LogP contribution < -0.4 is 0 Å². The third-order valence-corrected chi connectivity index (χ3v) is 5.36. The van der Waals surface area contributed by atoms with E-state index in [0.29, 0.717) is 12.5 Å². The van der Waals surface area contributed by atoms with Crippen molar-refractivity contribution in [2.75, 3.05) is 6.54 Å². The average molecular weight is 397 g/mol. The van der Waals surface area contributed by atoms with Gasteiger partial charge in [0.2, 0.25) is 0 Å². The Morgan fingerprint density at radius 2 is 2.00 bits per heavy atom. The Hall–Kier alpha value is -1.33. The van der Waals surface area contributed by atoms with Crippen molar-refractivity contribution in [3.05, 3.63) is 52.5 Å². The molecule has 1 amide bonds.